The van der Waals surface area contributed by atoms with E-state index in [1.54, 1.807) is 24.5 Å². The Kier molecular flexibility index (Phi) is 6.01. The quantitative estimate of drug-likeness (QED) is 0.679. The van der Waals surface area contributed by atoms with Gasteiger partial charge < -0.3 is 9.47 Å². The molecule has 26 heavy (non-hydrogen) atoms. The van der Waals surface area contributed by atoms with Crippen molar-refractivity contribution >= 4 is 37.6 Å². The number of aromatic nitrogens is 2. The van der Waals surface area contributed by atoms with Gasteiger partial charge in [0.2, 0.25) is 10.0 Å². The lowest BCUT2D eigenvalue weighted by Gasteiger charge is -2.31. The van der Waals surface area contributed by atoms with Crippen LogP contribution in [0.1, 0.15) is 12.8 Å². The first-order valence-electron chi connectivity index (χ1n) is 7.88. The molecular weight excluding hydrogens is 446 g/mol. The Hall–Kier alpha value is -1.42. The SMILES string of the molecule is COc1ccc(Cl)cc1S(=O)(=O)N1CCCC(Oc2ncc(Br)cn2)C1. The number of piperidine rings is 1. The molecule has 1 atom stereocenters. The van der Waals surface area contributed by atoms with E-state index in [9.17, 15) is 8.42 Å². The van der Waals surface area contributed by atoms with Gasteiger partial charge in [0.15, 0.2) is 0 Å². The van der Waals surface area contributed by atoms with Crippen LogP contribution in [-0.2, 0) is 10.0 Å². The Labute approximate surface area is 165 Å². The molecule has 140 valence electrons. The molecule has 1 saturated heterocycles. The summed E-state index contributed by atoms with van der Waals surface area (Å²) in [5, 5.41) is 0.331. The number of hydrogen-bond acceptors (Lipinski definition) is 6. The fraction of sp³-hybridized carbons (Fsp3) is 0.375. The molecule has 0 bridgehead atoms. The molecule has 1 aliphatic heterocycles. The summed E-state index contributed by atoms with van der Waals surface area (Å²) < 4.78 is 39.2. The summed E-state index contributed by atoms with van der Waals surface area (Å²) in [6.07, 6.45) is 4.22. The van der Waals surface area contributed by atoms with Crippen LogP contribution in [0.5, 0.6) is 11.8 Å². The highest BCUT2D eigenvalue weighted by molar-refractivity contribution is 9.10. The van der Waals surface area contributed by atoms with Gasteiger partial charge >= 0.3 is 6.01 Å². The highest BCUT2D eigenvalue weighted by Crippen LogP contribution is 2.31. The number of benzene rings is 1. The van der Waals surface area contributed by atoms with Crippen molar-refractivity contribution < 1.29 is 17.9 Å². The van der Waals surface area contributed by atoms with Gasteiger partial charge in [0.05, 0.1) is 18.1 Å². The maximum absolute atomic E-state index is 13.1. The van der Waals surface area contributed by atoms with Crippen molar-refractivity contribution in [2.45, 2.75) is 23.8 Å². The van der Waals surface area contributed by atoms with Crippen LogP contribution in [0.3, 0.4) is 0 Å². The average molecular weight is 463 g/mol. The predicted molar refractivity (Wildman–Crippen MR) is 100 cm³/mol. The van der Waals surface area contributed by atoms with E-state index in [-0.39, 0.29) is 29.3 Å². The van der Waals surface area contributed by atoms with Crippen LogP contribution in [0.4, 0.5) is 0 Å². The largest absolute Gasteiger partial charge is 0.495 e. The van der Waals surface area contributed by atoms with Crippen LogP contribution in [0, 0.1) is 0 Å². The molecule has 2 aromatic rings. The van der Waals surface area contributed by atoms with Gasteiger partial charge in [-0.15, -0.1) is 0 Å². The summed E-state index contributed by atoms with van der Waals surface area (Å²) in [4.78, 5) is 8.19. The molecule has 0 radical (unpaired) electrons. The van der Waals surface area contributed by atoms with Crippen molar-refractivity contribution in [3.8, 4) is 11.8 Å². The summed E-state index contributed by atoms with van der Waals surface area (Å²) in [6.45, 7) is 0.608. The van der Waals surface area contributed by atoms with E-state index in [2.05, 4.69) is 25.9 Å². The second-order valence-electron chi connectivity index (χ2n) is 5.72. The maximum atomic E-state index is 13.1. The second-order valence-corrected chi connectivity index (χ2v) is 8.98. The van der Waals surface area contributed by atoms with Crippen LogP contribution < -0.4 is 9.47 Å². The molecule has 0 saturated carbocycles. The third-order valence-corrected chi connectivity index (χ3v) is 6.48. The molecule has 3 rings (SSSR count). The number of hydrogen-bond donors (Lipinski definition) is 0. The Morgan fingerprint density at radius 3 is 2.73 bits per heavy atom. The van der Waals surface area contributed by atoms with Gasteiger partial charge in [-0.1, -0.05) is 11.6 Å². The third kappa shape index (κ3) is 4.28. The molecule has 0 N–H and O–H groups in total. The van der Waals surface area contributed by atoms with Gasteiger partial charge in [-0.25, -0.2) is 18.4 Å². The fourth-order valence-electron chi connectivity index (χ4n) is 2.72. The van der Waals surface area contributed by atoms with E-state index in [1.807, 2.05) is 0 Å². The predicted octanol–water partition coefficient (Wildman–Crippen LogP) is 3.13. The van der Waals surface area contributed by atoms with E-state index in [0.717, 1.165) is 10.9 Å². The van der Waals surface area contributed by atoms with E-state index in [1.165, 1.54) is 17.5 Å². The summed E-state index contributed by atoms with van der Waals surface area (Å²) in [5.74, 6) is 0.258. The van der Waals surface area contributed by atoms with Gasteiger partial charge in [0.1, 0.15) is 16.7 Å². The summed E-state index contributed by atoms with van der Waals surface area (Å²) >= 11 is 9.24. The van der Waals surface area contributed by atoms with Gasteiger partial charge in [-0.05, 0) is 47.0 Å². The van der Waals surface area contributed by atoms with Crippen LogP contribution in [-0.4, -0.2) is 49.0 Å². The zero-order chi connectivity index (χ0) is 18.7. The van der Waals surface area contributed by atoms with Crippen LogP contribution in [0.15, 0.2) is 40.0 Å². The number of rotatable bonds is 5. The molecule has 7 nitrogen and oxygen atoms in total. The van der Waals surface area contributed by atoms with Crippen LogP contribution >= 0.6 is 27.5 Å². The zero-order valence-electron chi connectivity index (χ0n) is 13.9. The highest BCUT2D eigenvalue weighted by Gasteiger charge is 2.33. The number of sulfonamides is 1. The molecule has 10 heteroatoms. The van der Waals surface area contributed by atoms with E-state index >= 15 is 0 Å². The Bertz CT molecular complexity index is 880. The minimum Gasteiger partial charge on any atom is -0.495 e. The van der Waals surface area contributed by atoms with Gasteiger partial charge in [0, 0.05) is 24.0 Å². The molecule has 1 aromatic heterocycles. The van der Waals surface area contributed by atoms with E-state index < -0.39 is 10.0 Å². The number of methoxy groups -OCH3 is 1. The Morgan fingerprint density at radius 1 is 1.31 bits per heavy atom. The number of ether oxygens (including phenoxy) is 2. The van der Waals surface area contributed by atoms with Crippen LogP contribution in [0.25, 0.3) is 0 Å². The number of nitrogens with zero attached hydrogens (tertiary/aromatic N) is 3. The van der Waals surface area contributed by atoms with Crippen molar-refractivity contribution in [3.05, 3.63) is 40.1 Å². The zero-order valence-corrected chi connectivity index (χ0v) is 17.1. The molecule has 2 heterocycles. The minimum absolute atomic E-state index is 0.0491. The van der Waals surface area contributed by atoms with Crippen molar-refractivity contribution in [1.82, 2.24) is 14.3 Å². The smallest absolute Gasteiger partial charge is 0.316 e. The monoisotopic (exact) mass is 461 g/mol. The fourth-order valence-corrected chi connectivity index (χ4v) is 4.85. The Balaban J connectivity index is 1.80. The first-order valence-corrected chi connectivity index (χ1v) is 10.5. The second kappa shape index (κ2) is 8.08. The molecule has 0 spiro atoms. The summed E-state index contributed by atoms with van der Waals surface area (Å²) in [7, 11) is -2.34. The molecular formula is C16H17BrClN3O4S. The van der Waals surface area contributed by atoms with Crippen molar-refractivity contribution in [2.75, 3.05) is 20.2 Å². The van der Waals surface area contributed by atoms with Gasteiger partial charge in [0.25, 0.3) is 0 Å². The lowest BCUT2D eigenvalue weighted by atomic mass is 10.1. The maximum Gasteiger partial charge on any atom is 0.316 e. The van der Waals surface area contributed by atoms with Crippen molar-refractivity contribution in [3.63, 3.8) is 0 Å². The lowest BCUT2D eigenvalue weighted by Crippen LogP contribution is -2.44. The normalized spacial score (nSPS) is 18.5. The van der Waals surface area contributed by atoms with Crippen molar-refractivity contribution in [2.24, 2.45) is 0 Å². The van der Waals surface area contributed by atoms with E-state index in [4.69, 9.17) is 21.1 Å². The van der Waals surface area contributed by atoms with Crippen LogP contribution in [0.2, 0.25) is 5.02 Å². The molecule has 1 aliphatic rings. The summed E-state index contributed by atoms with van der Waals surface area (Å²) in [6, 6.07) is 4.76. The molecule has 1 fully saturated rings. The highest BCUT2D eigenvalue weighted by atomic mass is 79.9. The number of halogens is 2. The molecule has 0 aliphatic carbocycles. The third-order valence-electron chi connectivity index (χ3n) is 3.95. The topological polar surface area (TPSA) is 81.6 Å². The van der Waals surface area contributed by atoms with Crippen molar-refractivity contribution in [1.29, 1.82) is 0 Å². The molecule has 0 amide bonds. The lowest BCUT2D eigenvalue weighted by molar-refractivity contribution is 0.119. The average Bonchev–Trinajstić information content (AvgIpc) is 2.64. The first-order chi connectivity index (χ1) is 12.4. The minimum atomic E-state index is -3.76. The van der Waals surface area contributed by atoms with Gasteiger partial charge in [-0.2, -0.15) is 4.31 Å². The standard InChI is InChI=1S/C16H17BrClN3O4S/c1-24-14-5-4-12(18)7-15(14)26(22,23)21-6-2-3-13(10-21)25-16-19-8-11(17)9-20-16/h4-5,7-9,13H,2-3,6,10H2,1H3. The Morgan fingerprint density at radius 2 is 2.04 bits per heavy atom. The van der Waals surface area contributed by atoms with E-state index in [0.29, 0.717) is 18.0 Å². The molecule has 1 unspecified atom stereocenters. The first kappa shape index (κ1) is 19.3. The summed E-state index contributed by atoms with van der Waals surface area (Å²) in [5.41, 5.74) is 0. The molecule has 1 aromatic carbocycles. The van der Waals surface area contributed by atoms with Gasteiger partial charge in [-0.3, -0.25) is 0 Å².